The van der Waals surface area contributed by atoms with Crippen LogP contribution in [0.1, 0.15) is 22.9 Å². The molecular formula is C17H16N2O. The molecule has 0 fully saturated rings. The summed E-state index contributed by atoms with van der Waals surface area (Å²) in [6, 6.07) is 13.9. The van der Waals surface area contributed by atoms with Gasteiger partial charge in [0.15, 0.2) is 0 Å². The molecule has 1 aromatic heterocycles. The van der Waals surface area contributed by atoms with Gasteiger partial charge in [0.25, 0.3) is 0 Å². The molecule has 3 heteroatoms. The minimum absolute atomic E-state index is 0.0462. The fraction of sp³-hybridized carbons (Fsp3) is 0.176. The van der Waals surface area contributed by atoms with Crippen LogP contribution in [0.25, 0.3) is 0 Å². The summed E-state index contributed by atoms with van der Waals surface area (Å²) in [6.07, 6.45) is 4.02. The Morgan fingerprint density at radius 2 is 2.05 bits per heavy atom. The van der Waals surface area contributed by atoms with Crippen LogP contribution >= 0.6 is 0 Å². The second-order valence-corrected chi connectivity index (χ2v) is 4.84. The number of hydrogen-bond donors (Lipinski definition) is 0. The predicted molar refractivity (Wildman–Crippen MR) is 78.1 cm³/mol. The molecule has 0 bridgehead atoms. The standard InChI is InChI=1S/C17H16N2O/c1-2-16(20)19-12-10-13-7-3-4-8-14(13)17(19)15-9-5-6-11-18-15/h2-9,11,17H,1,10,12H2/t17-/m1/s1. The molecule has 0 spiro atoms. The summed E-state index contributed by atoms with van der Waals surface area (Å²) >= 11 is 0. The van der Waals surface area contributed by atoms with Crippen LogP contribution in [0, 0.1) is 0 Å². The van der Waals surface area contributed by atoms with Crippen molar-refractivity contribution >= 4 is 5.91 Å². The van der Waals surface area contributed by atoms with Gasteiger partial charge in [0.05, 0.1) is 11.7 Å². The van der Waals surface area contributed by atoms with E-state index in [2.05, 4.69) is 23.7 Å². The molecule has 0 unspecified atom stereocenters. The zero-order valence-electron chi connectivity index (χ0n) is 11.2. The topological polar surface area (TPSA) is 33.2 Å². The van der Waals surface area contributed by atoms with E-state index in [1.54, 1.807) is 6.20 Å². The second kappa shape index (κ2) is 5.29. The molecule has 1 aromatic carbocycles. The average Bonchev–Trinajstić information content (AvgIpc) is 2.53. The quantitative estimate of drug-likeness (QED) is 0.781. The van der Waals surface area contributed by atoms with Crippen LogP contribution in [-0.4, -0.2) is 22.3 Å². The van der Waals surface area contributed by atoms with E-state index in [1.165, 1.54) is 11.6 Å². The third kappa shape index (κ3) is 2.11. The molecule has 20 heavy (non-hydrogen) atoms. The van der Waals surface area contributed by atoms with Gasteiger partial charge in [0.2, 0.25) is 5.91 Å². The molecule has 0 saturated heterocycles. The number of carbonyl (C=O) groups excluding carboxylic acids is 1. The van der Waals surface area contributed by atoms with E-state index in [4.69, 9.17) is 0 Å². The lowest BCUT2D eigenvalue weighted by Crippen LogP contribution is -2.40. The van der Waals surface area contributed by atoms with Gasteiger partial charge >= 0.3 is 0 Å². The fourth-order valence-electron chi connectivity index (χ4n) is 2.78. The maximum Gasteiger partial charge on any atom is 0.246 e. The number of aromatic nitrogens is 1. The Kier molecular flexibility index (Phi) is 3.33. The van der Waals surface area contributed by atoms with Crippen molar-refractivity contribution in [3.63, 3.8) is 0 Å². The van der Waals surface area contributed by atoms with E-state index in [0.717, 1.165) is 17.7 Å². The first-order valence-electron chi connectivity index (χ1n) is 6.73. The zero-order chi connectivity index (χ0) is 13.9. The van der Waals surface area contributed by atoms with Gasteiger partial charge in [0, 0.05) is 12.7 Å². The molecule has 2 aromatic rings. The van der Waals surface area contributed by atoms with Crippen LogP contribution in [-0.2, 0) is 11.2 Å². The number of fused-ring (bicyclic) bond motifs is 1. The first kappa shape index (κ1) is 12.6. The van der Waals surface area contributed by atoms with Crippen molar-refractivity contribution in [1.29, 1.82) is 0 Å². The van der Waals surface area contributed by atoms with E-state index in [-0.39, 0.29) is 11.9 Å². The summed E-state index contributed by atoms with van der Waals surface area (Å²) in [7, 11) is 0. The normalized spacial score (nSPS) is 17.4. The molecule has 1 aliphatic rings. The summed E-state index contributed by atoms with van der Waals surface area (Å²) in [5, 5.41) is 0. The van der Waals surface area contributed by atoms with Gasteiger partial charge < -0.3 is 4.90 Å². The third-order valence-electron chi connectivity index (χ3n) is 3.71. The molecule has 1 atom stereocenters. The molecule has 3 rings (SSSR count). The van der Waals surface area contributed by atoms with Gasteiger partial charge in [-0.15, -0.1) is 0 Å². The predicted octanol–water partition coefficient (Wildman–Crippen LogP) is 2.74. The van der Waals surface area contributed by atoms with E-state index in [9.17, 15) is 4.79 Å². The highest BCUT2D eigenvalue weighted by molar-refractivity contribution is 5.88. The maximum atomic E-state index is 12.1. The Morgan fingerprint density at radius 3 is 2.80 bits per heavy atom. The van der Waals surface area contributed by atoms with Gasteiger partial charge in [-0.3, -0.25) is 9.78 Å². The molecule has 0 saturated carbocycles. The molecule has 3 nitrogen and oxygen atoms in total. The van der Waals surface area contributed by atoms with Crippen molar-refractivity contribution in [2.45, 2.75) is 12.5 Å². The van der Waals surface area contributed by atoms with Crippen molar-refractivity contribution in [2.75, 3.05) is 6.54 Å². The fourth-order valence-corrected chi connectivity index (χ4v) is 2.78. The number of hydrogen-bond acceptors (Lipinski definition) is 2. The largest absolute Gasteiger partial charge is 0.326 e. The SMILES string of the molecule is C=CC(=O)N1CCc2ccccc2[C@@H]1c1ccccn1. The molecule has 0 radical (unpaired) electrons. The zero-order valence-corrected chi connectivity index (χ0v) is 11.2. The highest BCUT2D eigenvalue weighted by Crippen LogP contribution is 2.34. The second-order valence-electron chi connectivity index (χ2n) is 4.84. The Hall–Kier alpha value is -2.42. The highest BCUT2D eigenvalue weighted by Gasteiger charge is 2.31. The molecule has 0 aliphatic carbocycles. The van der Waals surface area contributed by atoms with E-state index in [0.29, 0.717) is 6.54 Å². The number of nitrogens with zero attached hydrogens (tertiary/aromatic N) is 2. The number of amides is 1. The first-order valence-corrected chi connectivity index (χ1v) is 6.73. The lowest BCUT2D eigenvalue weighted by molar-refractivity contribution is -0.128. The first-order chi connectivity index (χ1) is 9.81. The Morgan fingerprint density at radius 1 is 1.25 bits per heavy atom. The summed E-state index contributed by atoms with van der Waals surface area (Å²) in [5.41, 5.74) is 3.35. The van der Waals surface area contributed by atoms with Crippen molar-refractivity contribution in [1.82, 2.24) is 9.88 Å². The molecule has 0 N–H and O–H groups in total. The van der Waals surface area contributed by atoms with Gasteiger partial charge in [0.1, 0.15) is 0 Å². The Labute approximate surface area is 118 Å². The van der Waals surface area contributed by atoms with Gasteiger partial charge in [-0.1, -0.05) is 36.9 Å². The summed E-state index contributed by atoms with van der Waals surface area (Å²) < 4.78 is 0. The molecule has 2 heterocycles. The van der Waals surface area contributed by atoms with Crippen molar-refractivity contribution in [3.05, 3.63) is 78.1 Å². The van der Waals surface area contributed by atoms with Crippen LogP contribution < -0.4 is 0 Å². The van der Waals surface area contributed by atoms with Crippen molar-refractivity contribution in [3.8, 4) is 0 Å². The minimum atomic E-state index is -0.119. The van der Waals surface area contributed by atoms with Crippen molar-refractivity contribution < 1.29 is 4.79 Å². The number of benzene rings is 1. The monoisotopic (exact) mass is 264 g/mol. The number of carbonyl (C=O) groups is 1. The van der Waals surface area contributed by atoms with E-state index in [1.807, 2.05) is 35.2 Å². The molecule has 1 aliphatic heterocycles. The maximum absolute atomic E-state index is 12.1. The summed E-state index contributed by atoms with van der Waals surface area (Å²) in [4.78, 5) is 18.4. The number of pyridine rings is 1. The van der Waals surface area contributed by atoms with Gasteiger partial charge in [-0.05, 0) is 35.8 Å². The third-order valence-corrected chi connectivity index (χ3v) is 3.71. The van der Waals surface area contributed by atoms with E-state index < -0.39 is 0 Å². The van der Waals surface area contributed by atoms with Crippen LogP contribution in [0.15, 0.2) is 61.3 Å². The van der Waals surface area contributed by atoms with Crippen LogP contribution in [0.3, 0.4) is 0 Å². The lowest BCUT2D eigenvalue weighted by Gasteiger charge is -2.36. The smallest absolute Gasteiger partial charge is 0.246 e. The molecular weight excluding hydrogens is 248 g/mol. The van der Waals surface area contributed by atoms with Crippen molar-refractivity contribution in [2.24, 2.45) is 0 Å². The van der Waals surface area contributed by atoms with Gasteiger partial charge in [-0.2, -0.15) is 0 Å². The van der Waals surface area contributed by atoms with Crippen LogP contribution in [0.2, 0.25) is 0 Å². The average molecular weight is 264 g/mol. The molecule has 100 valence electrons. The summed E-state index contributed by atoms with van der Waals surface area (Å²) in [6.45, 7) is 4.31. The molecule has 1 amide bonds. The minimum Gasteiger partial charge on any atom is -0.326 e. The summed E-state index contributed by atoms with van der Waals surface area (Å²) in [5.74, 6) is -0.0462. The van der Waals surface area contributed by atoms with Crippen LogP contribution in [0.5, 0.6) is 0 Å². The van der Waals surface area contributed by atoms with Gasteiger partial charge in [-0.25, -0.2) is 0 Å². The van der Waals surface area contributed by atoms with E-state index >= 15 is 0 Å². The Balaban J connectivity index is 2.12. The van der Waals surface area contributed by atoms with Crippen LogP contribution in [0.4, 0.5) is 0 Å². The lowest BCUT2D eigenvalue weighted by atomic mass is 9.90. The Bertz CT molecular complexity index is 636. The highest BCUT2D eigenvalue weighted by atomic mass is 16.2. The number of rotatable bonds is 2.